The Kier molecular flexibility index (Phi) is 13.2. The Morgan fingerprint density at radius 1 is 1.07 bits per heavy atom. The van der Waals surface area contributed by atoms with E-state index in [1.165, 1.54) is 6.26 Å². The molecule has 0 heterocycles. The van der Waals surface area contributed by atoms with E-state index < -0.39 is 9.84 Å². The topological polar surface area (TPSA) is 89.0 Å². The van der Waals surface area contributed by atoms with Gasteiger partial charge in [0.25, 0.3) is 0 Å². The predicted octanol–water partition coefficient (Wildman–Crippen LogP) is 2.24. The van der Waals surface area contributed by atoms with E-state index in [-0.39, 0.29) is 36.3 Å². The van der Waals surface area contributed by atoms with Crippen molar-refractivity contribution in [3.63, 3.8) is 0 Å². The summed E-state index contributed by atoms with van der Waals surface area (Å²) in [4.78, 5) is 4.29. The zero-order chi connectivity index (χ0) is 19.4. The molecule has 2 N–H and O–H groups in total. The molecule has 0 atom stereocenters. The van der Waals surface area contributed by atoms with Crippen LogP contribution in [0.1, 0.15) is 26.3 Å². The monoisotopic (exact) mass is 513 g/mol. The van der Waals surface area contributed by atoms with Crippen LogP contribution in [-0.4, -0.2) is 59.2 Å². The van der Waals surface area contributed by atoms with Crippen molar-refractivity contribution in [2.24, 2.45) is 4.99 Å². The third-order valence-electron chi connectivity index (χ3n) is 3.39. The number of hydrogen-bond acceptors (Lipinski definition) is 5. The second kappa shape index (κ2) is 13.9. The molecule has 0 saturated carbocycles. The van der Waals surface area contributed by atoms with Crippen molar-refractivity contribution in [1.29, 1.82) is 0 Å². The molecule has 0 saturated heterocycles. The van der Waals surface area contributed by atoms with Crippen molar-refractivity contribution in [2.45, 2.75) is 27.2 Å². The molecule has 0 fully saturated rings. The smallest absolute Gasteiger partial charge is 0.191 e. The van der Waals surface area contributed by atoms with Crippen molar-refractivity contribution < 1.29 is 17.9 Å². The van der Waals surface area contributed by atoms with Crippen LogP contribution < -0.4 is 20.1 Å². The van der Waals surface area contributed by atoms with Crippen molar-refractivity contribution in [3.05, 3.63) is 23.8 Å². The lowest BCUT2D eigenvalue weighted by Gasteiger charge is -2.14. The fourth-order valence-electron chi connectivity index (χ4n) is 2.24. The Labute approximate surface area is 180 Å². The highest BCUT2D eigenvalue weighted by molar-refractivity contribution is 14.0. The van der Waals surface area contributed by atoms with Crippen LogP contribution in [0, 0.1) is 0 Å². The van der Waals surface area contributed by atoms with Crippen LogP contribution in [0.15, 0.2) is 23.2 Å². The van der Waals surface area contributed by atoms with Crippen LogP contribution >= 0.6 is 24.0 Å². The van der Waals surface area contributed by atoms with Crippen molar-refractivity contribution in [1.82, 2.24) is 10.6 Å². The number of benzene rings is 1. The molecule has 0 aliphatic carbocycles. The summed E-state index contributed by atoms with van der Waals surface area (Å²) in [5.41, 5.74) is 1.12. The Morgan fingerprint density at radius 3 is 2.33 bits per heavy atom. The van der Waals surface area contributed by atoms with Gasteiger partial charge >= 0.3 is 0 Å². The third-order valence-corrected chi connectivity index (χ3v) is 4.31. The van der Waals surface area contributed by atoms with E-state index in [2.05, 4.69) is 15.6 Å². The van der Waals surface area contributed by atoms with Crippen LogP contribution in [0.2, 0.25) is 0 Å². The van der Waals surface area contributed by atoms with Gasteiger partial charge in [-0.05, 0) is 44.9 Å². The fourth-order valence-corrected chi connectivity index (χ4v) is 2.66. The van der Waals surface area contributed by atoms with E-state index >= 15 is 0 Å². The van der Waals surface area contributed by atoms with Crippen LogP contribution in [0.25, 0.3) is 0 Å². The van der Waals surface area contributed by atoms with Crippen LogP contribution in [0.4, 0.5) is 0 Å². The van der Waals surface area contributed by atoms with Crippen molar-refractivity contribution >= 4 is 39.8 Å². The van der Waals surface area contributed by atoms with Gasteiger partial charge in [-0.2, -0.15) is 0 Å². The quantitative estimate of drug-likeness (QED) is 0.268. The average Bonchev–Trinajstić information content (AvgIpc) is 2.56. The summed E-state index contributed by atoms with van der Waals surface area (Å²) >= 11 is 0. The largest absolute Gasteiger partial charge is 0.490 e. The standard InChI is InChI=1S/C18H31N3O4S.HI/c1-5-19-18(21-12-13-26(4,22)23)20-11-10-15-8-9-16(24-6-2)17(14-15)25-7-3;/h8-9,14H,5-7,10-13H2,1-4H3,(H2,19,20,21);1H. The number of rotatable bonds is 11. The highest BCUT2D eigenvalue weighted by atomic mass is 127. The Morgan fingerprint density at radius 2 is 1.74 bits per heavy atom. The van der Waals surface area contributed by atoms with Gasteiger partial charge in [-0.1, -0.05) is 6.07 Å². The highest BCUT2D eigenvalue weighted by Gasteiger charge is 2.07. The number of ether oxygens (including phenoxy) is 2. The van der Waals surface area contributed by atoms with E-state index in [1.807, 2.05) is 39.0 Å². The zero-order valence-electron chi connectivity index (χ0n) is 16.6. The SMILES string of the molecule is CCNC(=NCCS(C)(=O)=O)NCCc1ccc(OCC)c(OCC)c1.I. The minimum absolute atomic E-state index is 0. The van der Waals surface area contributed by atoms with Gasteiger partial charge in [-0.3, -0.25) is 4.99 Å². The lowest BCUT2D eigenvalue weighted by Crippen LogP contribution is -2.38. The number of sulfone groups is 1. The van der Waals surface area contributed by atoms with Gasteiger partial charge in [-0.15, -0.1) is 24.0 Å². The van der Waals surface area contributed by atoms with Gasteiger partial charge in [-0.25, -0.2) is 8.42 Å². The van der Waals surface area contributed by atoms with E-state index in [4.69, 9.17) is 9.47 Å². The van der Waals surface area contributed by atoms with E-state index in [1.54, 1.807) is 0 Å². The first kappa shape index (κ1) is 25.8. The van der Waals surface area contributed by atoms with Gasteiger partial charge in [0.05, 0.1) is 25.5 Å². The third kappa shape index (κ3) is 11.3. The summed E-state index contributed by atoms with van der Waals surface area (Å²) in [7, 11) is -3.01. The maximum atomic E-state index is 11.2. The second-order valence-electron chi connectivity index (χ2n) is 5.71. The van der Waals surface area contributed by atoms with Gasteiger partial charge in [0.1, 0.15) is 9.84 Å². The summed E-state index contributed by atoms with van der Waals surface area (Å²) in [6.07, 6.45) is 1.99. The molecule has 0 bridgehead atoms. The minimum Gasteiger partial charge on any atom is -0.490 e. The van der Waals surface area contributed by atoms with Gasteiger partial charge in [0.2, 0.25) is 0 Å². The van der Waals surface area contributed by atoms with E-state index in [0.29, 0.717) is 32.3 Å². The number of aliphatic imine (C=N–C) groups is 1. The highest BCUT2D eigenvalue weighted by Crippen LogP contribution is 2.28. The molecule has 0 aliphatic rings. The van der Waals surface area contributed by atoms with Crippen molar-refractivity contribution in [2.75, 3.05) is 44.9 Å². The summed E-state index contributed by atoms with van der Waals surface area (Å²) in [5, 5.41) is 6.33. The second-order valence-corrected chi connectivity index (χ2v) is 7.97. The number of halogens is 1. The first-order valence-corrected chi connectivity index (χ1v) is 11.0. The Bertz CT molecular complexity index is 681. The maximum Gasteiger partial charge on any atom is 0.191 e. The Balaban J connectivity index is 0.00000676. The minimum atomic E-state index is -3.01. The zero-order valence-corrected chi connectivity index (χ0v) is 19.7. The van der Waals surface area contributed by atoms with Gasteiger partial charge in [0, 0.05) is 19.3 Å². The number of guanidine groups is 1. The van der Waals surface area contributed by atoms with Crippen LogP contribution in [0.3, 0.4) is 0 Å². The lowest BCUT2D eigenvalue weighted by molar-refractivity contribution is 0.287. The number of hydrogen-bond donors (Lipinski definition) is 2. The number of nitrogens with zero attached hydrogens (tertiary/aromatic N) is 1. The predicted molar refractivity (Wildman–Crippen MR) is 122 cm³/mol. The van der Waals surface area contributed by atoms with E-state index in [0.717, 1.165) is 23.5 Å². The fraction of sp³-hybridized carbons (Fsp3) is 0.611. The summed E-state index contributed by atoms with van der Waals surface area (Å²) in [6.45, 7) is 8.65. The molecule has 0 radical (unpaired) electrons. The number of nitrogens with one attached hydrogen (secondary N) is 2. The summed E-state index contributed by atoms with van der Waals surface area (Å²) in [6, 6.07) is 5.93. The first-order chi connectivity index (χ1) is 12.4. The van der Waals surface area contributed by atoms with E-state index in [9.17, 15) is 8.42 Å². The molecular weight excluding hydrogens is 481 g/mol. The molecule has 1 aromatic rings. The molecule has 27 heavy (non-hydrogen) atoms. The molecule has 1 rings (SSSR count). The maximum absolute atomic E-state index is 11.2. The Hall–Kier alpha value is -1.23. The van der Waals surface area contributed by atoms with Gasteiger partial charge < -0.3 is 20.1 Å². The normalized spacial score (nSPS) is 11.5. The molecule has 0 unspecified atom stereocenters. The molecule has 7 nitrogen and oxygen atoms in total. The lowest BCUT2D eigenvalue weighted by atomic mass is 10.1. The van der Waals surface area contributed by atoms with Crippen molar-refractivity contribution in [3.8, 4) is 11.5 Å². The molecule has 9 heteroatoms. The molecule has 156 valence electrons. The average molecular weight is 513 g/mol. The summed E-state index contributed by atoms with van der Waals surface area (Å²) in [5.74, 6) is 2.16. The first-order valence-electron chi connectivity index (χ1n) is 8.98. The molecule has 0 amide bonds. The van der Waals surface area contributed by atoms with Crippen LogP contribution in [-0.2, 0) is 16.3 Å². The molecule has 1 aromatic carbocycles. The van der Waals surface area contributed by atoms with Crippen LogP contribution in [0.5, 0.6) is 11.5 Å². The molecule has 0 aromatic heterocycles. The molecular formula is C18H32IN3O4S. The molecule has 0 spiro atoms. The van der Waals surface area contributed by atoms with Gasteiger partial charge in [0.15, 0.2) is 17.5 Å². The summed E-state index contributed by atoms with van der Waals surface area (Å²) < 4.78 is 33.6. The molecule has 0 aliphatic heterocycles.